The molecule has 128 valence electrons. The Morgan fingerprint density at radius 2 is 2.12 bits per heavy atom. The summed E-state index contributed by atoms with van der Waals surface area (Å²) in [5, 5.41) is 3.86. The number of H-pyrrole nitrogens is 1. The molecule has 0 aliphatic carbocycles. The fraction of sp³-hybridized carbons (Fsp3) is 0.500. The molecule has 7 nitrogen and oxygen atoms in total. The summed E-state index contributed by atoms with van der Waals surface area (Å²) < 4.78 is 18.6. The van der Waals surface area contributed by atoms with Crippen molar-refractivity contribution in [1.29, 1.82) is 0 Å². The molecular formula is C16H19FN4O3. The van der Waals surface area contributed by atoms with Gasteiger partial charge in [0.1, 0.15) is 11.6 Å². The van der Waals surface area contributed by atoms with Crippen molar-refractivity contribution in [2.24, 2.45) is 0 Å². The van der Waals surface area contributed by atoms with Gasteiger partial charge in [-0.3, -0.25) is 9.59 Å². The predicted octanol–water partition coefficient (Wildman–Crippen LogP) is 1.73. The average Bonchev–Trinajstić information content (AvgIpc) is 3.14. The van der Waals surface area contributed by atoms with Crippen LogP contribution in [0.25, 0.3) is 0 Å². The number of nitrogens with one attached hydrogen (secondary N) is 1. The van der Waals surface area contributed by atoms with Crippen LogP contribution in [-0.2, 0) is 11.2 Å². The Kier molecular flexibility index (Phi) is 4.21. The second kappa shape index (κ2) is 6.18. The van der Waals surface area contributed by atoms with E-state index in [0.29, 0.717) is 30.2 Å². The number of aromatic amines is 1. The molecule has 3 rings (SSSR count). The van der Waals surface area contributed by atoms with Gasteiger partial charge in [0.2, 0.25) is 11.7 Å². The van der Waals surface area contributed by atoms with E-state index in [-0.39, 0.29) is 24.1 Å². The van der Waals surface area contributed by atoms with Gasteiger partial charge in [-0.25, -0.2) is 4.98 Å². The lowest BCUT2D eigenvalue weighted by Gasteiger charge is -2.24. The minimum absolute atomic E-state index is 0.0405. The zero-order chi connectivity index (χ0) is 17.4. The minimum Gasteiger partial charge on any atom is -0.361 e. The average molecular weight is 334 g/mol. The fourth-order valence-electron chi connectivity index (χ4n) is 3.11. The largest absolute Gasteiger partial charge is 0.361 e. The third kappa shape index (κ3) is 2.83. The zero-order valence-corrected chi connectivity index (χ0v) is 13.9. The highest BCUT2D eigenvalue weighted by molar-refractivity contribution is 5.79. The Morgan fingerprint density at radius 1 is 1.38 bits per heavy atom. The summed E-state index contributed by atoms with van der Waals surface area (Å²) >= 11 is 0. The number of aromatic nitrogens is 3. The van der Waals surface area contributed by atoms with E-state index >= 15 is 0 Å². The Labute approximate surface area is 137 Å². The molecule has 1 aliphatic heterocycles. The number of rotatable bonds is 3. The van der Waals surface area contributed by atoms with Crippen molar-refractivity contribution >= 4 is 5.91 Å². The van der Waals surface area contributed by atoms with Crippen LogP contribution in [0, 0.1) is 26.6 Å². The van der Waals surface area contributed by atoms with Crippen LogP contribution in [0.5, 0.6) is 0 Å². The van der Waals surface area contributed by atoms with Gasteiger partial charge in [-0.05, 0) is 33.6 Å². The summed E-state index contributed by atoms with van der Waals surface area (Å²) in [6.45, 7) is 5.58. The predicted molar refractivity (Wildman–Crippen MR) is 82.9 cm³/mol. The molecule has 0 unspecified atom stereocenters. The Balaban J connectivity index is 1.85. The molecule has 2 aromatic heterocycles. The van der Waals surface area contributed by atoms with Gasteiger partial charge >= 0.3 is 0 Å². The summed E-state index contributed by atoms with van der Waals surface area (Å²) in [4.78, 5) is 32.6. The van der Waals surface area contributed by atoms with Crippen LogP contribution in [0.1, 0.15) is 47.4 Å². The summed E-state index contributed by atoms with van der Waals surface area (Å²) in [5.74, 6) is -0.00820. The van der Waals surface area contributed by atoms with E-state index in [1.54, 1.807) is 18.7 Å². The van der Waals surface area contributed by atoms with Gasteiger partial charge in [0, 0.05) is 12.1 Å². The van der Waals surface area contributed by atoms with E-state index in [9.17, 15) is 14.0 Å². The molecule has 0 bridgehead atoms. The number of nitrogens with zero attached hydrogens (tertiary/aromatic N) is 3. The van der Waals surface area contributed by atoms with E-state index in [1.807, 2.05) is 0 Å². The molecule has 1 saturated heterocycles. The van der Waals surface area contributed by atoms with Gasteiger partial charge in [0.15, 0.2) is 0 Å². The molecule has 1 amide bonds. The van der Waals surface area contributed by atoms with E-state index in [0.717, 1.165) is 12.0 Å². The van der Waals surface area contributed by atoms with Crippen LogP contribution in [0.15, 0.2) is 9.32 Å². The molecule has 1 aliphatic rings. The molecule has 0 spiro atoms. The minimum atomic E-state index is -0.884. The summed E-state index contributed by atoms with van der Waals surface area (Å²) in [6.07, 6.45) is 1.67. The maximum Gasteiger partial charge on any atom is 0.287 e. The quantitative estimate of drug-likeness (QED) is 0.923. The maximum absolute atomic E-state index is 13.5. The van der Waals surface area contributed by atoms with E-state index in [1.165, 1.54) is 6.92 Å². The molecule has 0 radical (unpaired) electrons. The number of amides is 1. The first kappa shape index (κ1) is 16.4. The van der Waals surface area contributed by atoms with Crippen LogP contribution in [0.4, 0.5) is 4.39 Å². The van der Waals surface area contributed by atoms with E-state index in [2.05, 4.69) is 15.1 Å². The SMILES string of the molecule is Cc1noc(C)c1CC(=O)N1CCC[C@H]1c1nc(C)c(F)c(=O)[nH]1. The number of carbonyl (C=O) groups excluding carboxylic acids is 1. The van der Waals surface area contributed by atoms with Gasteiger partial charge in [-0.2, -0.15) is 4.39 Å². The third-order valence-corrected chi connectivity index (χ3v) is 4.44. The standard InChI is InChI=1S/C16H19FN4O3/c1-8-11(10(3)24-20-8)7-13(22)21-6-4-5-12(21)15-18-9(2)14(17)16(23)19-15/h12H,4-7H2,1-3H3,(H,18,19,23)/t12-/m0/s1. The third-order valence-electron chi connectivity index (χ3n) is 4.44. The Hall–Kier alpha value is -2.51. The number of hydrogen-bond acceptors (Lipinski definition) is 5. The topological polar surface area (TPSA) is 92.1 Å². The van der Waals surface area contributed by atoms with Crippen LogP contribution in [0.2, 0.25) is 0 Å². The summed E-state index contributed by atoms with van der Waals surface area (Å²) in [5.41, 5.74) is 0.712. The smallest absolute Gasteiger partial charge is 0.287 e. The molecule has 1 N–H and O–H groups in total. The van der Waals surface area contributed by atoms with Crippen LogP contribution in [-0.4, -0.2) is 32.5 Å². The molecule has 1 atom stereocenters. The van der Waals surface area contributed by atoms with E-state index in [4.69, 9.17) is 4.52 Å². The normalized spacial score (nSPS) is 17.5. The number of hydrogen-bond donors (Lipinski definition) is 1. The number of aryl methyl sites for hydroxylation is 3. The Bertz CT molecular complexity index is 823. The maximum atomic E-state index is 13.5. The molecule has 0 saturated carbocycles. The molecule has 24 heavy (non-hydrogen) atoms. The Morgan fingerprint density at radius 3 is 2.75 bits per heavy atom. The lowest BCUT2D eigenvalue weighted by Crippen LogP contribution is -2.34. The molecule has 0 aromatic carbocycles. The molecule has 3 heterocycles. The zero-order valence-electron chi connectivity index (χ0n) is 13.9. The van der Waals surface area contributed by atoms with Gasteiger partial charge in [0.05, 0.1) is 23.9 Å². The lowest BCUT2D eigenvalue weighted by molar-refractivity contribution is -0.131. The number of carbonyl (C=O) groups is 1. The van der Waals surface area contributed by atoms with Gasteiger partial charge < -0.3 is 14.4 Å². The van der Waals surface area contributed by atoms with Gasteiger partial charge in [-0.15, -0.1) is 0 Å². The van der Waals surface area contributed by atoms with Gasteiger partial charge in [0.25, 0.3) is 5.56 Å². The lowest BCUT2D eigenvalue weighted by atomic mass is 10.1. The first-order chi connectivity index (χ1) is 11.4. The van der Waals surface area contributed by atoms with Crippen molar-refractivity contribution in [3.63, 3.8) is 0 Å². The van der Waals surface area contributed by atoms with Crippen molar-refractivity contribution in [3.05, 3.63) is 44.7 Å². The highest BCUT2D eigenvalue weighted by atomic mass is 19.1. The van der Waals surface area contributed by atoms with Crippen LogP contribution >= 0.6 is 0 Å². The monoisotopic (exact) mass is 334 g/mol. The van der Waals surface area contributed by atoms with Gasteiger partial charge in [-0.1, -0.05) is 5.16 Å². The van der Waals surface area contributed by atoms with Crippen molar-refractivity contribution < 1.29 is 13.7 Å². The molecule has 8 heteroatoms. The molecular weight excluding hydrogens is 315 g/mol. The van der Waals surface area contributed by atoms with Crippen molar-refractivity contribution in [2.45, 2.75) is 46.1 Å². The van der Waals surface area contributed by atoms with Crippen LogP contribution in [0.3, 0.4) is 0 Å². The highest BCUT2D eigenvalue weighted by Crippen LogP contribution is 2.30. The van der Waals surface area contributed by atoms with Crippen LogP contribution < -0.4 is 5.56 Å². The highest BCUT2D eigenvalue weighted by Gasteiger charge is 2.33. The molecule has 1 fully saturated rings. The second-order valence-corrected chi connectivity index (χ2v) is 6.08. The first-order valence-electron chi connectivity index (χ1n) is 7.86. The van der Waals surface area contributed by atoms with Crippen molar-refractivity contribution in [3.8, 4) is 0 Å². The molecule has 2 aromatic rings. The number of likely N-dealkylation sites (tertiary alicyclic amines) is 1. The van der Waals surface area contributed by atoms with Crippen molar-refractivity contribution in [1.82, 2.24) is 20.0 Å². The van der Waals surface area contributed by atoms with E-state index < -0.39 is 11.4 Å². The summed E-state index contributed by atoms with van der Waals surface area (Å²) in [7, 11) is 0. The number of halogens is 1. The summed E-state index contributed by atoms with van der Waals surface area (Å²) in [6, 6.07) is -0.343. The first-order valence-corrected chi connectivity index (χ1v) is 7.86. The van der Waals surface area contributed by atoms with Crippen molar-refractivity contribution in [2.75, 3.05) is 6.54 Å². The second-order valence-electron chi connectivity index (χ2n) is 6.08. The fourth-order valence-corrected chi connectivity index (χ4v) is 3.11.